The van der Waals surface area contributed by atoms with Crippen molar-refractivity contribution in [2.45, 2.75) is 20.4 Å². The maximum atomic E-state index is 14.2. The molecular formula is C39H29FN4O4. The number of aryl methyl sites for hydroxylation is 2. The van der Waals surface area contributed by atoms with Crippen molar-refractivity contribution in [1.82, 2.24) is 19.5 Å². The van der Waals surface area contributed by atoms with Gasteiger partial charge >= 0.3 is 0 Å². The van der Waals surface area contributed by atoms with Gasteiger partial charge in [-0.25, -0.2) is 4.39 Å². The molecule has 0 spiro atoms. The van der Waals surface area contributed by atoms with E-state index in [1.807, 2.05) is 18.2 Å². The number of carbonyl (C=O) groups is 2. The maximum Gasteiger partial charge on any atom is 0.200 e. The Morgan fingerprint density at radius 2 is 1.27 bits per heavy atom. The highest BCUT2D eigenvalue weighted by Gasteiger charge is 2.18. The van der Waals surface area contributed by atoms with Crippen molar-refractivity contribution in [1.29, 1.82) is 0 Å². The summed E-state index contributed by atoms with van der Waals surface area (Å²) < 4.78 is 15.9. The number of benzene rings is 3. The molecule has 7 aromatic rings. The number of hydrogen-bond acceptors (Lipinski definition) is 6. The van der Waals surface area contributed by atoms with E-state index < -0.39 is 0 Å². The number of fused-ring (bicyclic) bond motifs is 2. The van der Waals surface area contributed by atoms with E-state index >= 15 is 0 Å². The minimum Gasteiger partial charge on any atom is -0.360 e. The maximum absolute atomic E-state index is 14.2. The number of carbonyl (C=O) groups excluding carboxylic acids is 2. The number of para-hydroxylation sites is 2. The molecule has 3 aromatic carbocycles. The molecular weight excluding hydrogens is 607 g/mol. The Balaban J connectivity index is 0.000000177. The molecule has 8 nitrogen and oxygen atoms in total. The van der Waals surface area contributed by atoms with Crippen LogP contribution in [0, 0.1) is 19.7 Å². The third-order valence-electron chi connectivity index (χ3n) is 7.88. The van der Waals surface area contributed by atoms with Crippen molar-refractivity contribution in [3.63, 3.8) is 0 Å². The first-order valence-electron chi connectivity index (χ1n) is 15.1. The lowest BCUT2D eigenvalue weighted by atomic mass is 10.0. The highest BCUT2D eigenvalue weighted by molar-refractivity contribution is 6.10. The number of nitrogens with zero attached hydrogens (tertiary/aromatic N) is 3. The SMILES string of the molecule is Cc1cc(C(=O)c2c[nH]c3ccccc3c2=O)ccn1.Cc1cc(C(=O)c2cn(Cc3ccccc3F)c3ccccc3c2=O)ccn1. The molecule has 0 atom stereocenters. The normalized spacial score (nSPS) is 10.8. The molecule has 0 aliphatic rings. The molecule has 0 unspecified atom stereocenters. The van der Waals surface area contributed by atoms with Gasteiger partial charge in [0.05, 0.1) is 23.2 Å². The predicted octanol–water partition coefficient (Wildman–Crippen LogP) is 6.59. The minimum absolute atomic E-state index is 0.0561. The molecule has 0 aliphatic heterocycles. The summed E-state index contributed by atoms with van der Waals surface area (Å²) >= 11 is 0. The zero-order valence-corrected chi connectivity index (χ0v) is 26.1. The first-order valence-corrected chi connectivity index (χ1v) is 15.1. The first-order chi connectivity index (χ1) is 23.2. The van der Waals surface area contributed by atoms with Crippen LogP contribution in [0.3, 0.4) is 0 Å². The van der Waals surface area contributed by atoms with Crippen LogP contribution in [0.4, 0.5) is 4.39 Å². The van der Waals surface area contributed by atoms with Gasteiger partial charge in [0.25, 0.3) is 0 Å². The van der Waals surface area contributed by atoms with E-state index in [4.69, 9.17) is 0 Å². The lowest BCUT2D eigenvalue weighted by molar-refractivity contribution is 0.102. The zero-order valence-electron chi connectivity index (χ0n) is 26.1. The number of H-pyrrole nitrogens is 1. The van der Waals surface area contributed by atoms with Gasteiger partial charge in [-0.15, -0.1) is 0 Å². The summed E-state index contributed by atoms with van der Waals surface area (Å²) in [5, 5.41) is 0.944. The fraction of sp³-hybridized carbons (Fsp3) is 0.0769. The summed E-state index contributed by atoms with van der Waals surface area (Å²) in [5.41, 5.74) is 3.78. The number of nitrogens with one attached hydrogen (secondary N) is 1. The first kappa shape index (κ1) is 31.6. The van der Waals surface area contributed by atoms with Crippen molar-refractivity contribution in [2.75, 3.05) is 0 Å². The van der Waals surface area contributed by atoms with Crippen molar-refractivity contribution >= 4 is 33.4 Å². The van der Waals surface area contributed by atoms with Gasteiger partial charge in [-0.2, -0.15) is 0 Å². The average Bonchev–Trinajstić information content (AvgIpc) is 3.10. The third kappa shape index (κ3) is 6.47. The van der Waals surface area contributed by atoms with Crippen molar-refractivity contribution < 1.29 is 14.0 Å². The standard InChI is InChI=1S/C23H17FN2O2.C16H12N2O2/c1-15-12-16(10-11-25-15)22(27)19-14-26(13-17-6-2-4-8-20(17)24)21-9-5-3-7-18(21)23(19)28;1-10-8-11(6-7-17-10)15(19)13-9-18-14-5-3-2-4-12(14)16(13)20/h2-12,14H,13H2,1H3;2-9H,1H3,(H,18,20). The summed E-state index contributed by atoms with van der Waals surface area (Å²) in [7, 11) is 0. The van der Waals surface area contributed by atoms with E-state index in [-0.39, 0.29) is 45.9 Å². The Morgan fingerprint density at radius 3 is 1.94 bits per heavy atom. The number of ketones is 2. The van der Waals surface area contributed by atoms with Gasteiger partial charge < -0.3 is 9.55 Å². The fourth-order valence-electron chi connectivity index (χ4n) is 5.47. The molecule has 4 aromatic heterocycles. The van der Waals surface area contributed by atoms with Crippen LogP contribution in [-0.2, 0) is 6.54 Å². The third-order valence-corrected chi connectivity index (χ3v) is 7.88. The number of aromatic nitrogens is 4. The molecule has 9 heteroatoms. The lowest BCUT2D eigenvalue weighted by Gasteiger charge is -2.14. The Hall–Kier alpha value is -6.35. The van der Waals surface area contributed by atoms with Gasteiger partial charge in [0.2, 0.25) is 10.9 Å². The van der Waals surface area contributed by atoms with Gasteiger partial charge in [0, 0.05) is 69.2 Å². The van der Waals surface area contributed by atoms with Crippen molar-refractivity contribution in [2.24, 2.45) is 0 Å². The van der Waals surface area contributed by atoms with Gasteiger partial charge in [-0.05, 0) is 68.4 Å². The fourth-order valence-corrected chi connectivity index (χ4v) is 5.47. The van der Waals surface area contributed by atoms with E-state index in [9.17, 15) is 23.6 Å². The van der Waals surface area contributed by atoms with Gasteiger partial charge in [-0.3, -0.25) is 29.1 Å². The predicted molar refractivity (Wildman–Crippen MR) is 183 cm³/mol. The largest absolute Gasteiger partial charge is 0.360 e. The monoisotopic (exact) mass is 636 g/mol. The van der Waals surface area contributed by atoms with Crippen LogP contribution in [0.1, 0.15) is 48.8 Å². The van der Waals surface area contributed by atoms with E-state index in [0.29, 0.717) is 38.7 Å². The van der Waals surface area contributed by atoms with E-state index in [1.165, 1.54) is 18.5 Å². The molecule has 48 heavy (non-hydrogen) atoms. The van der Waals surface area contributed by atoms with E-state index in [1.54, 1.807) is 104 Å². The Labute approximate surface area is 274 Å². The van der Waals surface area contributed by atoms with Crippen LogP contribution in [0.15, 0.2) is 131 Å². The second-order valence-electron chi connectivity index (χ2n) is 11.2. The van der Waals surface area contributed by atoms with Crippen LogP contribution >= 0.6 is 0 Å². The van der Waals surface area contributed by atoms with E-state index in [0.717, 1.165) is 11.2 Å². The van der Waals surface area contributed by atoms with Gasteiger partial charge in [0.15, 0.2) is 11.6 Å². The molecule has 236 valence electrons. The molecule has 0 radical (unpaired) electrons. The topological polar surface area (TPSA) is 115 Å². The Kier molecular flexibility index (Phi) is 8.93. The quantitative estimate of drug-likeness (QED) is 0.206. The summed E-state index contributed by atoms with van der Waals surface area (Å²) in [6.07, 6.45) is 6.11. The number of aromatic amines is 1. The molecule has 7 rings (SSSR count). The Morgan fingerprint density at radius 1 is 0.708 bits per heavy atom. The highest BCUT2D eigenvalue weighted by Crippen LogP contribution is 2.18. The molecule has 0 aliphatic carbocycles. The molecule has 0 saturated carbocycles. The minimum atomic E-state index is -0.372. The molecule has 0 amide bonds. The zero-order chi connectivity index (χ0) is 33.8. The number of hydrogen-bond donors (Lipinski definition) is 1. The average molecular weight is 637 g/mol. The second kappa shape index (κ2) is 13.6. The van der Waals surface area contributed by atoms with Gasteiger partial charge in [0.1, 0.15) is 5.82 Å². The Bertz CT molecular complexity index is 2470. The summed E-state index contributed by atoms with van der Waals surface area (Å²) in [4.78, 5) is 61.9. The number of rotatable bonds is 6. The molecule has 0 fully saturated rings. The molecule has 0 bridgehead atoms. The number of pyridine rings is 4. The smallest absolute Gasteiger partial charge is 0.200 e. The van der Waals surface area contributed by atoms with Crippen LogP contribution in [-0.4, -0.2) is 31.1 Å². The van der Waals surface area contributed by atoms with Crippen molar-refractivity contribution in [3.8, 4) is 0 Å². The summed E-state index contributed by atoms with van der Waals surface area (Å²) in [6, 6.07) is 27.2. The van der Waals surface area contributed by atoms with Crippen molar-refractivity contribution in [3.05, 3.63) is 187 Å². The lowest BCUT2D eigenvalue weighted by Crippen LogP contribution is -2.20. The molecule has 0 saturated heterocycles. The van der Waals surface area contributed by atoms with Crippen LogP contribution in [0.5, 0.6) is 0 Å². The highest BCUT2D eigenvalue weighted by atomic mass is 19.1. The molecule has 1 N–H and O–H groups in total. The van der Waals surface area contributed by atoms with E-state index in [2.05, 4.69) is 15.0 Å². The second-order valence-corrected chi connectivity index (χ2v) is 11.2. The van der Waals surface area contributed by atoms with Crippen LogP contribution < -0.4 is 10.9 Å². The summed E-state index contributed by atoms with van der Waals surface area (Å²) in [5.74, 6) is -0.992. The van der Waals surface area contributed by atoms with Crippen LogP contribution in [0.2, 0.25) is 0 Å². The van der Waals surface area contributed by atoms with Crippen LogP contribution in [0.25, 0.3) is 21.8 Å². The van der Waals surface area contributed by atoms with Gasteiger partial charge in [-0.1, -0.05) is 42.5 Å². The molecule has 4 heterocycles. The number of halogens is 1. The summed E-state index contributed by atoms with van der Waals surface area (Å²) in [6.45, 7) is 3.80.